The number of aliphatic hydroxyl groups is 3. The molecule has 2 unspecified atom stereocenters. The molecule has 0 bridgehead atoms. The summed E-state index contributed by atoms with van der Waals surface area (Å²) in [7, 11) is -4.41. The fourth-order valence-corrected chi connectivity index (χ4v) is 9.69. The normalized spacial score (nSPS) is 41.5. The van der Waals surface area contributed by atoms with Crippen molar-refractivity contribution in [2.75, 3.05) is 18.8 Å². The molecule has 5 N–H and O–H groups in total. The van der Waals surface area contributed by atoms with Gasteiger partial charge in [-0.15, -0.1) is 0 Å². The summed E-state index contributed by atoms with van der Waals surface area (Å²) in [5, 5.41) is 38.2. The van der Waals surface area contributed by atoms with E-state index in [4.69, 9.17) is 0 Å². The molecule has 2 amide bonds. The molecule has 0 aliphatic heterocycles. The van der Waals surface area contributed by atoms with Crippen molar-refractivity contribution < 1.29 is 67.4 Å². The topological polar surface area (TPSA) is 176 Å². The maximum absolute atomic E-state index is 12.4. The van der Waals surface area contributed by atoms with E-state index in [0.717, 1.165) is 38.5 Å². The second-order valence-electron chi connectivity index (χ2n) is 13.4. The second kappa shape index (κ2) is 13.2. The second-order valence-corrected chi connectivity index (χ2v) is 15.0. The van der Waals surface area contributed by atoms with E-state index in [2.05, 4.69) is 31.4 Å². The zero-order valence-electron chi connectivity index (χ0n) is 24.5. The van der Waals surface area contributed by atoms with Crippen molar-refractivity contribution in [1.82, 2.24) is 10.6 Å². The van der Waals surface area contributed by atoms with Crippen LogP contribution in [0.15, 0.2) is 0 Å². The number of hydrogen-bond donors (Lipinski definition) is 5. The minimum Gasteiger partial charge on any atom is -0.748 e. The number of carbonyl (C=O) groups excluding carboxylic acids is 2. The quantitative estimate of drug-likeness (QED) is 0.153. The van der Waals surface area contributed by atoms with E-state index in [1.165, 1.54) is 0 Å². The molecule has 40 heavy (non-hydrogen) atoms. The van der Waals surface area contributed by atoms with Crippen LogP contribution in [0.4, 0.5) is 0 Å². The van der Waals surface area contributed by atoms with Crippen LogP contribution in [0.25, 0.3) is 0 Å². The predicted octanol–water partition coefficient (Wildman–Crippen LogP) is -1.85. The van der Waals surface area contributed by atoms with Crippen LogP contribution < -0.4 is 40.2 Å². The number of aliphatic hydroxyl groups excluding tert-OH is 3. The molecule has 4 rings (SSSR count). The number of rotatable bonds is 9. The first-order valence-corrected chi connectivity index (χ1v) is 16.3. The van der Waals surface area contributed by atoms with Gasteiger partial charge in [-0.3, -0.25) is 9.59 Å². The molecule has 0 aromatic carbocycles. The van der Waals surface area contributed by atoms with Crippen LogP contribution in [0, 0.1) is 46.3 Å². The molecular weight excluding hydrogens is 547 g/mol. The smallest absolute Gasteiger partial charge is 0.748 e. The number of amides is 2. The summed E-state index contributed by atoms with van der Waals surface area (Å²) in [5.74, 6) is -0.259. The molecule has 4 aliphatic carbocycles. The Bertz CT molecular complexity index is 1030. The Morgan fingerprint density at radius 2 is 1.70 bits per heavy atom. The first-order valence-electron chi connectivity index (χ1n) is 14.7. The summed E-state index contributed by atoms with van der Waals surface area (Å²) in [4.78, 5) is 24.2. The largest absolute Gasteiger partial charge is 1.00 e. The molecular formula is C28H47N2NaO8S. The average molecular weight is 595 g/mol. The third-order valence-corrected chi connectivity index (χ3v) is 12.2. The summed E-state index contributed by atoms with van der Waals surface area (Å²) < 4.78 is 31.9. The molecule has 12 heteroatoms. The molecule has 11 atom stereocenters. The maximum atomic E-state index is 12.4. The SMILES string of the molecule is C[C@H](CCC(=O)NCC(=O)NCCS(=O)(=O)[O-])C1CC[C@H]2[C@@H]3[C@H](O)CC4C[C@H](O)CC[C@]4(C)[C@H]3C[C@H](O)[C@@]12C.[Na+]. The average Bonchev–Trinajstić information content (AvgIpc) is 3.20. The Morgan fingerprint density at radius 3 is 2.38 bits per heavy atom. The minimum atomic E-state index is -4.41. The molecule has 4 fully saturated rings. The number of fused-ring (bicyclic) bond motifs is 5. The van der Waals surface area contributed by atoms with Crippen molar-refractivity contribution in [1.29, 1.82) is 0 Å². The van der Waals surface area contributed by atoms with Gasteiger partial charge in [0.05, 0.1) is 40.7 Å². The van der Waals surface area contributed by atoms with Crippen LogP contribution in [-0.2, 0) is 19.7 Å². The Labute approximate surface area is 260 Å². The summed E-state index contributed by atoms with van der Waals surface area (Å²) in [6.07, 6.45) is 5.39. The van der Waals surface area contributed by atoms with Gasteiger partial charge in [0.1, 0.15) is 0 Å². The molecule has 0 aromatic heterocycles. The van der Waals surface area contributed by atoms with Gasteiger partial charge in [0.2, 0.25) is 11.8 Å². The molecule has 4 saturated carbocycles. The molecule has 0 saturated heterocycles. The molecule has 0 radical (unpaired) electrons. The zero-order chi connectivity index (χ0) is 28.8. The van der Waals surface area contributed by atoms with Crippen LogP contribution in [0.3, 0.4) is 0 Å². The van der Waals surface area contributed by atoms with Gasteiger partial charge in [-0.25, -0.2) is 8.42 Å². The van der Waals surface area contributed by atoms with Crippen molar-refractivity contribution in [2.45, 2.75) is 96.9 Å². The van der Waals surface area contributed by atoms with Gasteiger partial charge in [0.15, 0.2) is 0 Å². The first-order chi connectivity index (χ1) is 18.2. The third-order valence-electron chi connectivity index (χ3n) is 11.5. The van der Waals surface area contributed by atoms with E-state index < -0.39 is 34.0 Å². The Morgan fingerprint density at radius 1 is 1.00 bits per heavy atom. The van der Waals surface area contributed by atoms with E-state index in [9.17, 15) is 37.9 Å². The van der Waals surface area contributed by atoms with E-state index in [0.29, 0.717) is 12.8 Å². The van der Waals surface area contributed by atoms with Crippen LogP contribution in [0.2, 0.25) is 0 Å². The minimum absolute atomic E-state index is 0. The van der Waals surface area contributed by atoms with Gasteiger partial charge in [0, 0.05) is 13.0 Å². The van der Waals surface area contributed by atoms with E-state index in [-0.39, 0.29) is 107 Å². The van der Waals surface area contributed by atoms with Crippen molar-refractivity contribution in [3.63, 3.8) is 0 Å². The zero-order valence-corrected chi connectivity index (χ0v) is 27.3. The number of hydrogen-bond acceptors (Lipinski definition) is 8. The fourth-order valence-electron chi connectivity index (χ4n) is 9.34. The van der Waals surface area contributed by atoms with Crippen molar-refractivity contribution in [3.8, 4) is 0 Å². The maximum Gasteiger partial charge on any atom is 1.00 e. The van der Waals surface area contributed by atoms with Crippen LogP contribution in [-0.4, -0.2) is 77.3 Å². The van der Waals surface area contributed by atoms with Crippen LogP contribution in [0.1, 0.15) is 78.6 Å². The number of nitrogens with one attached hydrogen (secondary N) is 2. The summed E-state index contributed by atoms with van der Waals surface area (Å²) in [6, 6.07) is 0. The van der Waals surface area contributed by atoms with Gasteiger partial charge >= 0.3 is 29.6 Å². The van der Waals surface area contributed by atoms with Gasteiger partial charge < -0.3 is 30.5 Å². The molecule has 0 spiro atoms. The molecule has 0 heterocycles. The predicted molar refractivity (Wildman–Crippen MR) is 143 cm³/mol. The standard InChI is InChI=1S/C28H48N2O8S.Na/c1-16(4-7-24(34)30-15-25(35)29-10-11-39(36,37)38)19-5-6-20-26-21(14-23(33)28(19,20)3)27(2)9-8-18(31)12-17(27)13-22(26)32;/h16-23,26,31-33H,4-15H2,1-3H3,(H,29,35)(H,30,34)(H,36,37,38);/q;+1/p-1/t16-,17?,18-,19?,20+,21+,22-,23+,26+,27+,28+;/m1./s1. The summed E-state index contributed by atoms with van der Waals surface area (Å²) >= 11 is 0. The Hall–Kier alpha value is -0.270. The summed E-state index contributed by atoms with van der Waals surface area (Å²) in [5.41, 5.74) is -0.306. The number of carbonyl (C=O) groups is 2. The first kappa shape index (κ1) is 34.2. The summed E-state index contributed by atoms with van der Waals surface area (Å²) in [6.45, 7) is 6.05. The van der Waals surface area contributed by atoms with Gasteiger partial charge in [0.25, 0.3) is 0 Å². The van der Waals surface area contributed by atoms with Gasteiger partial charge in [-0.05, 0) is 97.7 Å². The van der Waals surface area contributed by atoms with Gasteiger partial charge in [-0.1, -0.05) is 20.8 Å². The van der Waals surface area contributed by atoms with E-state index >= 15 is 0 Å². The van der Waals surface area contributed by atoms with Crippen molar-refractivity contribution >= 4 is 21.9 Å². The molecule has 10 nitrogen and oxygen atoms in total. The Kier molecular flexibility index (Phi) is 11.3. The fraction of sp³-hybridized carbons (Fsp3) is 0.929. The van der Waals surface area contributed by atoms with Crippen LogP contribution >= 0.6 is 0 Å². The van der Waals surface area contributed by atoms with Crippen molar-refractivity contribution in [2.24, 2.45) is 46.3 Å². The Balaban J connectivity index is 0.00000441. The van der Waals surface area contributed by atoms with E-state index in [1.807, 2.05) is 0 Å². The van der Waals surface area contributed by atoms with E-state index in [1.54, 1.807) is 0 Å². The molecule has 0 aromatic rings. The molecule has 4 aliphatic rings. The van der Waals surface area contributed by atoms with Gasteiger partial charge in [-0.2, -0.15) is 0 Å². The third kappa shape index (κ3) is 6.93. The van der Waals surface area contributed by atoms with Crippen molar-refractivity contribution in [3.05, 3.63) is 0 Å². The van der Waals surface area contributed by atoms with Crippen LogP contribution in [0.5, 0.6) is 0 Å². The molecule has 224 valence electrons. The monoisotopic (exact) mass is 594 g/mol.